The van der Waals surface area contributed by atoms with E-state index in [4.69, 9.17) is 16.3 Å². The van der Waals surface area contributed by atoms with Crippen LogP contribution in [0.2, 0.25) is 5.02 Å². The molecule has 0 aliphatic carbocycles. The molecule has 0 bridgehead atoms. The maximum atomic E-state index is 13.1. The van der Waals surface area contributed by atoms with Gasteiger partial charge < -0.3 is 15.0 Å². The predicted molar refractivity (Wildman–Crippen MR) is 128 cm³/mol. The van der Waals surface area contributed by atoms with E-state index in [1.807, 2.05) is 52.0 Å². The summed E-state index contributed by atoms with van der Waals surface area (Å²) in [5, 5.41) is 3.57. The summed E-state index contributed by atoms with van der Waals surface area (Å²) in [4.78, 5) is 27.4. The molecule has 2 aromatic rings. The highest BCUT2D eigenvalue weighted by molar-refractivity contribution is 9.10. The average Bonchev–Trinajstić information content (AvgIpc) is 2.74. The molecule has 0 aliphatic heterocycles. The average molecular weight is 510 g/mol. The summed E-state index contributed by atoms with van der Waals surface area (Å²) in [7, 11) is 0. The smallest absolute Gasteiger partial charge is 0.261 e. The van der Waals surface area contributed by atoms with Crippen molar-refractivity contribution >= 4 is 39.3 Å². The molecule has 0 saturated heterocycles. The van der Waals surface area contributed by atoms with E-state index in [9.17, 15) is 9.59 Å². The highest BCUT2D eigenvalue weighted by Gasteiger charge is 2.27. The first-order valence-corrected chi connectivity index (χ1v) is 11.5. The van der Waals surface area contributed by atoms with E-state index in [1.54, 1.807) is 24.0 Å². The number of nitrogens with zero attached hydrogens (tertiary/aromatic N) is 1. The van der Waals surface area contributed by atoms with Gasteiger partial charge in [-0.25, -0.2) is 0 Å². The minimum atomic E-state index is -0.644. The first kappa shape index (κ1) is 25.2. The van der Waals surface area contributed by atoms with Crippen LogP contribution in [0.4, 0.5) is 0 Å². The van der Waals surface area contributed by atoms with Crippen LogP contribution in [0.3, 0.4) is 0 Å². The van der Waals surface area contributed by atoms with Crippen LogP contribution < -0.4 is 10.1 Å². The molecule has 2 amide bonds. The Kier molecular flexibility index (Phi) is 9.38. The van der Waals surface area contributed by atoms with Gasteiger partial charge in [-0.15, -0.1) is 0 Å². The second kappa shape index (κ2) is 11.5. The van der Waals surface area contributed by atoms with Gasteiger partial charge in [0, 0.05) is 22.1 Å². The molecule has 7 heteroatoms. The van der Waals surface area contributed by atoms with Crippen molar-refractivity contribution < 1.29 is 14.3 Å². The number of aryl methyl sites for hydroxylation is 2. The molecule has 2 atom stereocenters. The van der Waals surface area contributed by atoms with Crippen LogP contribution in [0, 0.1) is 13.8 Å². The lowest BCUT2D eigenvalue weighted by molar-refractivity contribution is -0.142. The van der Waals surface area contributed by atoms with Crippen molar-refractivity contribution in [2.24, 2.45) is 0 Å². The molecule has 0 aromatic heterocycles. The highest BCUT2D eigenvalue weighted by atomic mass is 79.9. The van der Waals surface area contributed by atoms with Crippen LogP contribution in [0.15, 0.2) is 40.9 Å². The van der Waals surface area contributed by atoms with Gasteiger partial charge in [0.15, 0.2) is 6.61 Å². The Bertz CT molecular complexity index is 895. The highest BCUT2D eigenvalue weighted by Crippen LogP contribution is 2.26. The van der Waals surface area contributed by atoms with Crippen molar-refractivity contribution in [3.8, 4) is 5.75 Å². The van der Waals surface area contributed by atoms with Crippen molar-refractivity contribution in [1.29, 1.82) is 0 Å². The van der Waals surface area contributed by atoms with E-state index in [-0.39, 0.29) is 31.0 Å². The van der Waals surface area contributed by atoms with Gasteiger partial charge in [0.2, 0.25) is 5.91 Å². The van der Waals surface area contributed by atoms with E-state index in [2.05, 4.69) is 21.2 Å². The van der Waals surface area contributed by atoms with Crippen molar-refractivity contribution in [3.05, 3.63) is 62.6 Å². The first-order valence-electron chi connectivity index (χ1n) is 10.4. The third kappa shape index (κ3) is 7.25. The van der Waals surface area contributed by atoms with E-state index in [1.165, 1.54) is 0 Å². The molecule has 31 heavy (non-hydrogen) atoms. The summed E-state index contributed by atoms with van der Waals surface area (Å²) >= 11 is 9.52. The van der Waals surface area contributed by atoms with Crippen molar-refractivity contribution in [2.45, 2.75) is 59.7 Å². The molecule has 0 saturated carbocycles. The zero-order valence-corrected chi connectivity index (χ0v) is 21.0. The molecule has 0 unspecified atom stereocenters. The number of amides is 2. The summed E-state index contributed by atoms with van der Waals surface area (Å²) in [6.45, 7) is 9.75. The number of ether oxygens (including phenoxy) is 1. The maximum absolute atomic E-state index is 13.1. The van der Waals surface area contributed by atoms with Gasteiger partial charge >= 0.3 is 0 Å². The lowest BCUT2D eigenvalue weighted by Crippen LogP contribution is -2.50. The molecule has 2 rings (SSSR count). The van der Waals surface area contributed by atoms with Crippen LogP contribution in [-0.2, 0) is 16.1 Å². The van der Waals surface area contributed by atoms with E-state index in [0.29, 0.717) is 10.8 Å². The Morgan fingerprint density at radius 2 is 1.71 bits per heavy atom. The fourth-order valence-corrected chi connectivity index (χ4v) is 3.41. The second-order valence-electron chi connectivity index (χ2n) is 7.80. The SMILES string of the molecule is CC[C@@H](C)NC(=O)[C@@H](C)N(Cc1ccc(Cl)cc1)C(=O)COc1cc(C)c(Br)c(C)c1. The number of benzene rings is 2. The predicted octanol–water partition coefficient (Wildman–Crippen LogP) is 5.43. The molecule has 0 fully saturated rings. The molecule has 5 nitrogen and oxygen atoms in total. The second-order valence-corrected chi connectivity index (χ2v) is 9.03. The minimum absolute atomic E-state index is 0.0346. The largest absolute Gasteiger partial charge is 0.484 e. The van der Waals surface area contributed by atoms with Crippen molar-refractivity contribution in [2.75, 3.05) is 6.61 Å². The zero-order valence-electron chi connectivity index (χ0n) is 18.7. The lowest BCUT2D eigenvalue weighted by atomic mass is 10.1. The van der Waals surface area contributed by atoms with Gasteiger partial charge in [-0.3, -0.25) is 9.59 Å². The molecule has 0 heterocycles. The van der Waals surface area contributed by atoms with Crippen LogP contribution in [-0.4, -0.2) is 35.4 Å². The Morgan fingerprint density at radius 1 is 1.13 bits per heavy atom. The summed E-state index contributed by atoms with van der Waals surface area (Å²) in [6, 6.07) is 10.4. The van der Waals surface area contributed by atoms with Crippen LogP contribution in [0.5, 0.6) is 5.75 Å². The Hall–Kier alpha value is -2.05. The molecule has 1 N–H and O–H groups in total. The normalized spacial score (nSPS) is 12.7. The number of halogens is 2. The zero-order chi connectivity index (χ0) is 23.1. The molecular formula is C24H30BrClN2O3. The van der Waals surface area contributed by atoms with Gasteiger partial charge in [0.05, 0.1) is 0 Å². The number of carbonyl (C=O) groups is 2. The number of rotatable bonds is 9. The monoisotopic (exact) mass is 508 g/mol. The Labute approximate surface area is 198 Å². The van der Waals surface area contributed by atoms with Crippen LogP contribution in [0.1, 0.15) is 43.9 Å². The van der Waals surface area contributed by atoms with E-state index in [0.717, 1.165) is 27.6 Å². The number of hydrogen-bond acceptors (Lipinski definition) is 3. The number of carbonyl (C=O) groups excluding carboxylic acids is 2. The fraction of sp³-hybridized carbons (Fsp3) is 0.417. The Morgan fingerprint density at radius 3 is 2.26 bits per heavy atom. The number of nitrogens with one attached hydrogen (secondary N) is 1. The van der Waals surface area contributed by atoms with Gasteiger partial charge in [0.1, 0.15) is 11.8 Å². The van der Waals surface area contributed by atoms with Crippen molar-refractivity contribution in [3.63, 3.8) is 0 Å². The summed E-state index contributed by atoms with van der Waals surface area (Å²) in [5.41, 5.74) is 2.94. The fourth-order valence-electron chi connectivity index (χ4n) is 3.05. The molecule has 2 aromatic carbocycles. The number of hydrogen-bond donors (Lipinski definition) is 1. The van der Waals surface area contributed by atoms with Crippen molar-refractivity contribution in [1.82, 2.24) is 10.2 Å². The van der Waals surface area contributed by atoms with E-state index < -0.39 is 6.04 Å². The van der Waals surface area contributed by atoms with Gasteiger partial charge in [-0.05, 0) is 75.1 Å². The quantitative estimate of drug-likeness (QED) is 0.490. The van der Waals surface area contributed by atoms with Gasteiger partial charge in [0.25, 0.3) is 5.91 Å². The lowest BCUT2D eigenvalue weighted by Gasteiger charge is -2.29. The Balaban J connectivity index is 2.18. The topological polar surface area (TPSA) is 58.6 Å². The van der Waals surface area contributed by atoms with Gasteiger partial charge in [-0.2, -0.15) is 0 Å². The molecule has 0 spiro atoms. The summed E-state index contributed by atoms with van der Waals surface area (Å²) in [6.07, 6.45) is 0.814. The third-order valence-electron chi connectivity index (χ3n) is 5.21. The molecule has 0 radical (unpaired) electrons. The van der Waals surface area contributed by atoms with Crippen LogP contribution >= 0.6 is 27.5 Å². The summed E-state index contributed by atoms with van der Waals surface area (Å²) in [5.74, 6) is 0.168. The van der Waals surface area contributed by atoms with E-state index >= 15 is 0 Å². The summed E-state index contributed by atoms with van der Waals surface area (Å²) < 4.78 is 6.81. The standard InChI is InChI=1S/C24H30BrClN2O3/c1-6-17(4)27-24(30)18(5)28(13-19-7-9-20(26)10-8-19)22(29)14-31-21-11-15(2)23(25)16(3)12-21/h7-12,17-18H,6,13-14H2,1-5H3,(H,27,30)/t17-,18-/m1/s1. The molecule has 0 aliphatic rings. The molecular weight excluding hydrogens is 480 g/mol. The van der Waals surface area contributed by atoms with Crippen LogP contribution in [0.25, 0.3) is 0 Å². The first-order chi connectivity index (χ1) is 14.6. The third-order valence-corrected chi connectivity index (χ3v) is 6.71. The van der Waals surface area contributed by atoms with Gasteiger partial charge in [-0.1, -0.05) is 46.6 Å². The molecule has 168 valence electrons. The maximum Gasteiger partial charge on any atom is 0.261 e. The minimum Gasteiger partial charge on any atom is -0.484 e.